The minimum absolute atomic E-state index is 0.520. The summed E-state index contributed by atoms with van der Waals surface area (Å²) in [4.78, 5) is 15.6. The molecule has 2 fully saturated rings. The molecule has 0 bridgehead atoms. The van der Waals surface area contributed by atoms with Crippen LogP contribution in [0.1, 0.15) is 4.88 Å². The molecule has 0 atom stereocenters. The number of nitrogens with zero attached hydrogens (tertiary/aromatic N) is 7. The van der Waals surface area contributed by atoms with Gasteiger partial charge in [-0.3, -0.25) is 4.90 Å². The molecule has 4 aromatic rings. The lowest BCUT2D eigenvalue weighted by Crippen LogP contribution is -2.47. The first-order chi connectivity index (χ1) is 18.3. The van der Waals surface area contributed by atoms with E-state index in [-0.39, 0.29) is 0 Å². The van der Waals surface area contributed by atoms with Crippen LogP contribution in [0.25, 0.3) is 27.4 Å². The number of halogens is 1. The normalized spacial score (nSPS) is 17.9. The first kappa shape index (κ1) is 25.8. The van der Waals surface area contributed by atoms with E-state index in [1.54, 1.807) is 20.3 Å². The number of anilines is 1. The monoisotopic (exact) mass is 617 g/mol. The Balaban J connectivity index is 1.31. The van der Waals surface area contributed by atoms with Crippen LogP contribution < -0.4 is 4.90 Å². The fourth-order valence-electron chi connectivity index (χ4n) is 4.80. The second-order valence-corrected chi connectivity index (χ2v) is 13.5. The van der Waals surface area contributed by atoms with Crippen molar-refractivity contribution in [2.24, 2.45) is 0 Å². The Morgan fingerprint density at radius 3 is 2.55 bits per heavy atom. The molecule has 2 aliphatic heterocycles. The van der Waals surface area contributed by atoms with Crippen LogP contribution in [0.4, 0.5) is 5.82 Å². The van der Waals surface area contributed by atoms with Crippen molar-refractivity contribution in [3.63, 3.8) is 0 Å². The van der Waals surface area contributed by atoms with Crippen LogP contribution in [0, 0.1) is 0 Å². The van der Waals surface area contributed by atoms with Crippen molar-refractivity contribution in [1.29, 1.82) is 0 Å². The van der Waals surface area contributed by atoms with Gasteiger partial charge in [0, 0.05) is 66.9 Å². The topological polar surface area (TPSA) is 96.7 Å². The molecule has 0 unspecified atom stereocenters. The summed E-state index contributed by atoms with van der Waals surface area (Å²) in [6.07, 6.45) is 3.18. The Morgan fingerprint density at radius 1 is 1.03 bits per heavy atom. The second-order valence-electron chi connectivity index (χ2n) is 9.47. The van der Waals surface area contributed by atoms with Crippen LogP contribution >= 0.6 is 27.3 Å². The Morgan fingerprint density at radius 2 is 1.82 bits per heavy atom. The fourth-order valence-corrected chi connectivity index (χ4v) is 7.18. The van der Waals surface area contributed by atoms with E-state index in [9.17, 15) is 8.42 Å². The van der Waals surface area contributed by atoms with Gasteiger partial charge in [-0.25, -0.2) is 18.1 Å². The molecule has 6 rings (SSSR count). The van der Waals surface area contributed by atoms with E-state index in [4.69, 9.17) is 19.8 Å². The average molecular weight is 619 g/mol. The highest BCUT2D eigenvalue weighted by Crippen LogP contribution is 2.34. The van der Waals surface area contributed by atoms with Crippen molar-refractivity contribution in [3.05, 3.63) is 51.9 Å². The van der Waals surface area contributed by atoms with Gasteiger partial charge in [-0.1, -0.05) is 28.1 Å². The van der Waals surface area contributed by atoms with Gasteiger partial charge in [-0.15, -0.1) is 11.3 Å². The zero-order chi connectivity index (χ0) is 26.3. The number of sulfonamides is 1. The zero-order valence-electron chi connectivity index (χ0n) is 21.0. The van der Waals surface area contributed by atoms with Crippen LogP contribution in [-0.2, 0) is 21.3 Å². The maximum atomic E-state index is 11.9. The van der Waals surface area contributed by atoms with Crippen LogP contribution in [-0.4, -0.2) is 96.1 Å². The van der Waals surface area contributed by atoms with Gasteiger partial charge in [0.15, 0.2) is 5.82 Å². The number of hydrogen-bond acceptors (Lipinski definition) is 9. The summed E-state index contributed by atoms with van der Waals surface area (Å²) in [5.41, 5.74) is 2.76. The first-order valence-corrected chi connectivity index (χ1v) is 15.9. The van der Waals surface area contributed by atoms with Gasteiger partial charge in [-0.2, -0.15) is 14.4 Å². The third kappa shape index (κ3) is 5.49. The molecule has 0 saturated carbocycles. The lowest BCUT2D eigenvalue weighted by molar-refractivity contribution is 0.122. The van der Waals surface area contributed by atoms with Crippen molar-refractivity contribution in [1.82, 2.24) is 29.0 Å². The molecule has 2 saturated heterocycles. The minimum atomic E-state index is -3.15. The molecule has 200 valence electrons. The van der Waals surface area contributed by atoms with Crippen LogP contribution in [0.15, 0.2) is 47.1 Å². The second kappa shape index (κ2) is 10.6. The van der Waals surface area contributed by atoms with Crippen molar-refractivity contribution in [2.75, 3.05) is 63.6 Å². The van der Waals surface area contributed by atoms with E-state index in [1.807, 2.05) is 36.5 Å². The van der Waals surface area contributed by atoms with Gasteiger partial charge in [0.25, 0.3) is 5.95 Å². The van der Waals surface area contributed by atoms with E-state index in [2.05, 4.69) is 31.8 Å². The van der Waals surface area contributed by atoms with E-state index in [0.29, 0.717) is 45.3 Å². The Bertz CT molecular complexity index is 1560. The van der Waals surface area contributed by atoms with Crippen molar-refractivity contribution < 1.29 is 13.2 Å². The van der Waals surface area contributed by atoms with Crippen LogP contribution in [0.3, 0.4) is 0 Å². The molecule has 0 spiro atoms. The molecule has 0 radical (unpaired) electrons. The Hall–Kier alpha value is -2.42. The Labute approximate surface area is 234 Å². The number of rotatable bonds is 6. The summed E-state index contributed by atoms with van der Waals surface area (Å²) in [6, 6.07) is 12.2. The van der Waals surface area contributed by atoms with Crippen LogP contribution in [0.5, 0.6) is 0 Å². The molecule has 10 nitrogen and oxygen atoms in total. The third-order valence-corrected chi connectivity index (χ3v) is 9.70. The average Bonchev–Trinajstić information content (AvgIpc) is 3.56. The Kier molecular flexibility index (Phi) is 7.22. The third-order valence-electron chi connectivity index (χ3n) is 6.80. The summed E-state index contributed by atoms with van der Waals surface area (Å²) in [5, 5.41) is 4.78. The highest BCUT2D eigenvalue weighted by molar-refractivity contribution is 9.10. The molecule has 0 amide bonds. The van der Waals surface area contributed by atoms with E-state index in [0.717, 1.165) is 51.4 Å². The number of hydrogen-bond donors (Lipinski definition) is 0. The lowest BCUT2D eigenvalue weighted by atomic mass is 10.2. The van der Waals surface area contributed by atoms with Crippen molar-refractivity contribution in [3.8, 4) is 17.2 Å². The predicted octanol–water partition coefficient (Wildman–Crippen LogP) is 3.22. The van der Waals surface area contributed by atoms with Crippen molar-refractivity contribution in [2.45, 2.75) is 6.54 Å². The maximum absolute atomic E-state index is 11.9. The number of morpholine rings is 1. The maximum Gasteiger partial charge on any atom is 0.253 e. The molecule has 2 aliphatic rings. The van der Waals surface area contributed by atoms with Gasteiger partial charge >= 0.3 is 0 Å². The highest BCUT2D eigenvalue weighted by atomic mass is 79.9. The smallest absolute Gasteiger partial charge is 0.253 e. The van der Waals surface area contributed by atoms with Gasteiger partial charge in [0.1, 0.15) is 0 Å². The molecule has 0 aliphatic carbocycles. The van der Waals surface area contributed by atoms with Gasteiger partial charge in [-0.05, 0) is 24.3 Å². The fraction of sp³-hybridized carbons (Fsp3) is 0.400. The predicted molar refractivity (Wildman–Crippen MR) is 152 cm³/mol. The SMILES string of the molecule is CS(=O)(=O)N1CCN(Cc2cc3nc(-n4ccc(-c5cccc(Br)c5)n4)nc(N4CCOCC4)c3s2)CC1. The highest BCUT2D eigenvalue weighted by Gasteiger charge is 2.25. The molecular weight excluding hydrogens is 590 g/mol. The molecule has 3 aromatic heterocycles. The summed E-state index contributed by atoms with van der Waals surface area (Å²) in [7, 11) is -3.15. The molecule has 13 heteroatoms. The number of thiophene rings is 1. The summed E-state index contributed by atoms with van der Waals surface area (Å²) in [6.45, 7) is 6.09. The number of aromatic nitrogens is 4. The van der Waals surface area contributed by atoms with Crippen molar-refractivity contribution >= 4 is 53.3 Å². The summed E-state index contributed by atoms with van der Waals surface area (Å²) in [5.74, 6) is 1.44. The zero-order valence-corrected chi connectivity index (χ0v) is 24.2. The number of fused-ring (bicyclic) bond motifs is 1. The number of benzene rings is 1. The molecule has 1 aromatic carbocycles. The summed E-state index contributed by atoms with van der Waals surface area (Å²) >= 11 is 5.24. The van der Waals surface area contributed by atoms with E-state index in [1.165, 1.54) is 11.1 Å². The first-order valence-electron chi connectivity index (χ1n) is 12.5. The van der Waals surface area contributed by atoms with Gasteiger partial charge in [0.2, 0.25) is 10.0 Å². The minimum Gasteiger partial charge on any atom is -0.378 e. The number of ether oxygens (including phenoxy) is 1. The van der Waals surface area contributed by atoms with E-state index >= 15 is 0 Å². The molecule has 5 heterocycles. The molecule has 0 N–H and O–H groups in total. The molecule has 38 heavy (non-hydrogen) atoms. The van der Waals surface area contributed by atoms with Gasteiger partial charge in [0.05, 0.1) is 35.4 Å². The molecular formula is C25H28BrN7O3S2. The standard InChI is InChI=1S/C25H28BrN7O3S2/c1-38(34,35)32-9-7-30(8-10-32)17-20-16-22-23(37-20)24(31-11-13-36-14-12-31)28-25(27-22)33-6-5-21(29-33)18-3-2-4-19(26)15-18/h2-6,15-16H,7-14,17H2,1H3. The lowest BCUT2D eigenvalue weighted by Gasteiger charge is -2.32. The largest absolute Gasteiger partial charge is 0.378 e. The summed E-state index contributed by atoms with van der Waals surface area (Å²) < 4.78 is 34.7. The van der Waals surface area contributed by atoms with E-state index < -0.39 is 10.0 Å². The number of piperazine rings is 1. The van der Waals surface area contributed by atoms with Crippen LogP contribution in [0.2, 0.25) is 0 Å². The quantitative estimate of drug-likeness (QED) is 0.325. The van der Waals surface area contributed by atoms with Gasteiger partial charge < -0.3 is 9.64 Å².